The molecule has 1 saturated carbocycles. The van der Waals surface area contributed by atoms with E-state index in [1.165, 1.54) is 44.1 Å². The lowest BCUT2D eigenvalue weighted by molar-refractivity contribution is 0.416. The van der Waals surface area contributed by atoms with Crippen molar-refractivity contribution in [3.63, 3.8) is 0 Å². The molecule has 24 heavy (non-hydrogen) atoms. The fourth-order valence-electron chi connectivity index (χ4n) is 3.19. The average molecular weight is 326 g/mol. The van der Waals surface area contributed by atoms with Crippen LogP contribution in [0.1, 0.15) is 44.1 Å². The van der Waals surface area contributed by atoms with Crippen molar-refractivity contribution in [3.8, 4) is 5.75 Å². The van der Waals surface area contributed by atoms with Crippen LogP contribution in [0.25, 0.3) is 0 Å². The van der Waals surface area contributed by atoms with Crippen molar-refractivity contribution in [3.05, 3.63) is 36.2 Å². The molecule has 1 aromatic carbocycles. The summed E-state index contributed by atoms with van der Waals surface area (Å²) in [4.78, 5) is 8.71. The van der Waals surface area contributed by atoms with Gasteiger partial charge in [-0.1, -0.05) is 31.7 Å². The number of nitrogens with zero attached hydrogens (tertiary/aromatic N) is 2. The third kappa shape index (κ3) is 4.37. The third-order valence-electron chi connectivity index (χ3n) is 4.49. The van der Waals surface area contributed by atoms with Crippen LogP contribution < -0.4 is 15.4 Å². The molecule has 1 aliphatic carbocycles. The molecule has 1 aliphatic rings. The lowest BCUT2D eigenvalue weighted by Crippen LogP contribution is -2.19. The van der Waals surface area contributed by atoms with E-state index in [1.807, 2.05) is 18.2 Å². The van der Waals surface area contributed by atoms with Crippen molar-refractivity contribution < 1.29 is 4.74 Å². The largest absolute Gasteiger partial charge is 0.495 e. The van der Waals surface area contributed by atoms with E-state index >= 15 is 0 Å². The van der Waals surface area contributed by atoms with Crippen molar-refractivity contribution in [1.29, 1.82) is 0 Å². The number of hydrogen-bond donors (Lipinski definition) is 2. The number of hydrogen-bond acceptors (Lipinski definition) is 5. The molecule has 0 atom stereocenters. The number of aryl methyl sites for hydroxylation is 1. The van der Waals surface area contributed by atoms with E-state index in [9.17, 15) is 0 Å². The maximum atomic E-state index is 5.42. The van der Waals surface area contributed by atoms with E-state index in [4.69, 9.17) is 4.74 Å². The second-order valence-electron chi connectivity index (χ2n) is 6.45. The number of ether oxygens (including phenoxy) is 1. The summed E-state index contributed by atoms with van der Waals surface area (Å²) >= 11 is 0. The standard InChI is InChI=1S/C19H26N4O/c1-14-9-10-17(24-2)16(11-14)23-19-12-18(20-13-21-19)22-15-7-5-3-4-6-8-15/h9-13,15H,3-8H2,1-2H3,(H2,20,21,22,23). The number of anilines is 3. The summed E-state index contributed by atoms with van der Waals surface area (Å²) < 4.78 is 5.42. The summed E-state index contributed by atoms with van der Waals surface area (Å²) in [5.41, 5.74) is 2.08. The molecule has 0 spiro atoms. The summed E-state index contributed by atoms with van der Waals surface area (Å²) in [7, 11) is 1.68. The van der Waals surface area contributed by atoms with E-state index in [1.54, 1.807) is 13.4 Å². The van der Waals surface area contributed by atoms with Crippen LogP contribution in [-0.2, 0) is 0 Å². The highest BCUT2D eigenvalue weighted by Gasteiger charge is 2.13. The van der Waals surface area contributed by atoms with Crippen molar-refractivity contribution in [2.75, 3.05) is 17.7 Å². The highest BCUT2D eigenvalue weighted by atomic mass is 16.5. The normalized spacial score (nSPS) is 15.6. The van der Waals surface area contributed by atoms with Crippen LogP contribution in [0.3, 0.4) is 0 Å². The average Bonchev–Trinajstić information content (AvgIpc) is 2.84. The van der Waals surface area contributed by atoms with Gasteiger partial charge in [-0.25, -0.2) is 9.97 Å². The van der Waals surface area contributed by atoms with E-state index < -0.39 is 0 Å². The number of rotatable bonds is 5. The van der Waals surface area contributed by atoms with Crippen LogP contribution in [-0.4, -0.2) is 23.1 Å². The summed E-state index contributed by atoms with van der Waals surface area (Å²) in [6.07, 6.45) is 9.34. The second kappa shape index (κ2) is 7.99. The van der Waals surface area contributed by atoms with Crippen LogP contribution in [0.5, 0.6) is 5.75 Å². The molecule has 128 valence electrons. The molecule has 2 aromatic rings. The van der Waals surface area contributed by atoms with Gasteiger partial charge in [0.15, 0.2) is 0 Å². The third-order valence-corrected chi connectivity index (χ3v) is 4.49. The lowest BCUT2D eigenvalue weighted by atomic mass is 10.1. The molecule has 2 N–H and O–H groups in total. The molecule has 0 amide bonds. The zero-order chi connectivity index (χ0) is 16.8. The molecular weight excluding hydrogens is 300 g/mol. The molecule has 0 aliphatic heterocycles. The van der Waals surface area contributed by atoms with Gasteiger partial charge < -0.3 is 15.4 Å². The fourth-order valence-corrected chi connectivity index (χ4v) is 3.19. The molecule has 0 bridgehead atoms. The first-order chi connectivity index (χ1) is 11.7. The number of aromatic nitrogens is 2. The molecule has 0 radical (unpaired) electrons. The molecular formula is C19H26N4O. The Bertz CT molecular complexity index is 666. The summed E-state index contributed by atoms with van der Waals surface area (Å²) in [6.45, 7) is 2.06. The predicted octanol–water partition coefficient (Wildman–Crippen LogP) is 4.67. The number of benzene rings is 1. The highest BCUT2D eigenvalue weighted by Crippen LogP contribution is 2.28. The van der Waals surface area contributed by atoms with Gasteiger partial charge in [0.2, 0.25) is 0 Å². The van der Waals surface area contributed by atoms with Crippen LogP contribution >= 0.6 is 0 Å². The minimum Gasteiger partial charge on any atom is -0.495 e. The summed E-state index contributed by atoms with van der Waals surface area (Å²) in [5.74, 6) is 2.45. The maximum Gasteiger partial charge on any atom is 0.142 e. The van der Waals surface area contributed by atoms with Crippen LogP contribution in [0.4, 0.5) is 17.3 Å². The lowest BCUT2D eigenvalue weighted by Gasteiger charge is -2.17. The van der Waals surface area contributed by atoms with E-state index in [0.717, 1.165) is 23.1 Å². The van der Waals surface area contributed by atoms with E-state index in [-0.39, 0.29) is 0 Å². The number of methoxy groups -OCH3 is 1. The van der Waals surface area contributed by atoms with Gasteiger partial charge in [0.1, 0.15) is 23.7 Å². The first-order valence-corrected chi connectivity index (χ1v) is 8.75. The first kappa shape index (κ1) is 16.6. The summed E-state index contributed by atoms with van der Waals surface area (Å²) in [5, 5.41) is 6.90. The molecule has 5 heteroatoms. The first-order valence-electron chi connectivity index (χ1n) is 8.75. The quantitative estimate of drug-likeness (QED) is 0.782. The SMILES string of the molecule is COc1ccc(C)cc1Nc1cc(NC2CCCCCC2)ncn1. The molecule has 0 unspecified atom stereocenters. The second-order valence-corrected chi connectivity index (χ2v) is 6.45. The van der Waals surface area contributed by atoms with Crippen LogP contribution in [0, 0.1) is 6.92 Å². The Morgan fingerprint density at radius 2 is 1.75 bits per heavy atom. The van der Waals surface area contributed by atoms with Crippen molar-refractivity contribution >= 4 is 17.3 Å². The molecule has 1 fully saturated rings. The summed E-state index contributed by atoms with van der Waals surface area (Å²) in [6, 6.07) is 8.53. The predicted molar refractivity (Wildman–Crippen MR) is 98.2 cm³/mol. The number of nitrogens with one attached hydrogen (secondary N) is 2. The van der Waals surface area contributed by atoms with Crippen molar-refractivity contribution in [1.82, 2.24) is 9.97 Å². The monoisotopic (exact) mass is 326 g/mol. The molecule has 1 aromatic heterocycles. The van der Waals surface area contributed by atoms with Gasteiger partial charge in [0.05, 0.1) is 12.8 Å². The minimum atomic E-state index is 0.517. The smallest absolute Gasteiger partial charge is 0.142 e. The van der Waals surface area contributed by atoms with E-state index in [2.05, 4.69) is 33.6 Å². The van der Waals surface area contributed by atoms with Gasteiger partial charge in [-0.05, 0) is 37.5 Å². The Kier molecular flexibility index (Phi) is 5.51. The molecule has 0 saturated heterocycles. The minimum absolute atomic E-state index is 0.517. The molecule has 1 heterocycles. The van der Waals surface area contributed by atoms with Crippen LogP contribution in [0.2, 0.25) is 0 Å². The molecule has 5 nitrogen and oxygen atoms in total. The van der Waals surface area contributed by atoms with Gasteiger partial charge >= 0.3 is 0 Å². The van der Waals surface area contributed by atoms with Crippen molar-refractivity contribution in [2.45, 2.75) is 51.5 Å². The molecule has 3 rings (SSSR count). The zero-order valence-corrected chi connectivity index (χ0v) is 14.5. The maximum absolute atomic E-state index is 5.42. The van der Waals surface area contributed by atoms with E-state index in [0.29, 0.717) is 6.04 Å². The Hall–Kier alpha value is -2.30. The van der Waals surface area contributed by atoms with Gasteiger partial charge in [0.25, 0.3) is 0 Å². The van der Waals surface area contributed by atoms with Gasteiger partial charge in [-0.15, -0.1) is 0 Å². The Morgan fingerprint density at radius 1 is 1.00 bits per heavy atom. The highest BCUT2D eigenvalue weighted by molar-refractivity contribution is 5.66. The van der Waals surface area contributed by atoms with Crippen molar-refractivity contribution in [2.24, 2.45) is 0 Å². The van der Waals surface area contributed by atoms with Gasteiger partial charge in [0, 0.05) is 12.1 Å². The topological polar surface area (TPSA) is 59.1 Å². The van der Waals surface area contributed by atoms with Gasteiger partial charge in [-0.2, -0.15) is 0 Å². The van der Waals surface area contributed by atoms with Crippen LogP contribution in [0.15, 0.2) is 30.6 Å². The fraction of sp³-hybridized carbons (Fsp3) is 0.474. The Labute approximate surface area is 143 Å². The van der Waals surface area contributed by atoms with Gasteiger partial charge in [-0.3, -0.25) is 0 Å². The zero-order valence-electron chi connectivity index (χ0n) is 14.5. The Morgan fingerprint density at radius 3 is 2.50 bits per heavy atom. The Balaban J connectivity index is 1.72.